The van der Waals surface area contributed by atoms with E-state index in [9.17, 15) is 9.59 Å². The van der Waals surface area contributed by atoms with Crippen LogP contribution in [0.1, 0.15) is 54.2 Å². The van der Waals surface area contributed by atoms with Crippen LogP contribution in [0.2, 0.25) is 5.15 Å². The van der Waals surface area contributed by atoms with E-state index >= 15 is 0 Å². The summed E-state index contributed by atoms with van der Waals surface area (Å²) in [6.07, 6.45) is 7.27. The number of rotatable bonds is 8. The van der Waals surface area contributed by atoms with Crippen LogP contribution < -0.4 is 10.6 Å². The number of aryl methyl sites for hydroxylation is 2. The zero-order chi connectivity index (χ0) is 20.1. The van der Waals surface area contributed by atoms with Crippen LogP contribution in [0.4, 0.5) is 5.69 Å². The van der Waals surface area contributed by atoms with Crippen molar-refractivity contribution in [3.8, 4) is 0 Å². The molecule has 1 heterocycles. The number of carbonyl (C=O) groups is 2. The van der Waals surface area contributed by atoms with Gasteiger partial charge in [-0.15, -0.1) is 0 Å². The molecule has 0 unspecified atom stereocenters. The third-order valence-electron chi connectivity index (χ3n) is 4.56. The first kappa shape index (κ1) is 20.1. The largest absolute Gasteiger partial charge is 0.349 e. The zero-order valence-corrected chi connectivity index (χ0v) is 16.9. The summed E-state index contributed by atoms with van der Waals surface area (Å²) < 4.78 is 1.77. The molecule has 1 aromatic carbocycles. The fourth-order valence-electron chi connectivity index (χ4n) is 2.76. The third-order valence-corrected chi connectivity index (χ3v) is 4.96. The van der Waals surface area contributed by atoms with Gasteiger partial charge in [-0.25, -0.2) is 0 Å². The number of unbranched alkanes of at least 4 members (excludes halogenated alkanes) is 1. The molecule has 7 heteroatoms. The van der Waals surface area contributed by atoms with Crippen molar-refractivity contribution in [1.82, 2.24) is 15.1 Å². The number of anilines is 1. The van der Waals surface area contributed by atoms with Crippen molar-refractivity contribution in [2.45, 2.75) is 52.1 Å². The second-order valence-corrected chi connectivity index (χ2v) is 7.37. The monoisotopic (exact) mass is 400 g/mol. The summed E-state index contributed by atoms with van der Waals surface area (Å²) in [5.41, 5.74) is 2.75. The van der Waals surface area contributed by atoms with E-state index < -0.39 is 0 Å². The van der Waals surface area contributed by atoms with Gasteiger partial charge < -0.3 is 10.6 Å². The lowest BCUT2D eigenvalue weighted by molar-refractivity contribution is -0.111. The summed E-state index contributed by atoms with van der Waals surface area (Å²) in [6.45, 7) is 4.75. The Morgan fingerprint density at radius 3 is 2.64 bits per heavy atom. The molecule has 1 aliphatic rings. The van der Waals surface area contributed by atoms with E-state index in [-0.39, 0.29) is 11.8 Å². The molecule has 2 amide bonds. The molecule has 1 aliphatic carbocycles. The second-order valence-electron chi connectivity index (χ2n) is 7.01. The number of carbonyl (C=O) groups excluding carboxylic acids is 2. The highest BCUT2D eigenvalue weighted by Crippen LogP contribution is 2.22. The van der Waals surface area contributed by atoms with E-state index in [0.29, 0.717) is 22.4 Å². The molecule has 0 spiro atoms. The van der Waals surface area contributed by atoms with Crippen molar-refractivity contribution in [2.75, 3.05) is 5.32 Å². The van der Waals surface area contributed by atoms with E-state index in [1.807, 2.05) is 6.92 Å². The maximum Gasteiger partial charge on any atom is 0.251 e. The highest BCUT2D eigenvalue weighted by atomic mass is 35.5. The number of halogens is 1. The van der Waals surface area contributed by atoms with Crippen molar-refractivity contribution in [3.05, 3.63) is 52.3 Å². The van der Waals surface area contributed by atoms with E-state index in [0.717, 1.165) is 43.5 Å². The predicted octanol–water partition coefficient (Wildman–Crippen LogP) is 4.19. The minimum absolute atomic E-state index is 0.0783. The van der Waals surface area contributed by atoms with Gasteiger partial charge in [0.2, 0.25) is 5.91 Å². The Bertz CT molecular complexity index is 883. The number of amides is 2. The molecule has 3 rings (SSSR count). The summed E-state index contributed by atoms with van der Waals surface area (Å²) >= 11 is 6.38. The molecular formula is C21H25ClN4O2. The summed E-state index contributed by atoms with van der Waals surface area (Å²) in [4.78, 5) is 24.2. The van der Waals surface area contributed by atoms with Gasteiger partial charge in [-0.1, -0.05) is 24.9 Å². The minimum atomic E-state index is -0.271. The molecular weight excluding hydrogens is 376 g/mol. The van der Waals surface area contributed by atoms with Crippen LogP contribution in [-0.2, 0) is 11.3 Å². The first-order valence-corrected chi connectivity index (χ1v) is 9.98. The molecule has 148 valence electrons. The molecule has 0 aliphatic heterocycles. The Morgan fingerprint density at radius 1 is 1.29 bits per heavy atom. The van der Waals surface area contributed by atoms with Crippen LogP contribution in [0.3, 0.4) is 0 Å². The number of nitrogens with zero attached hydrogens (tertiary/aromatic N) is 2. The lowest BCUT2D eigenvalue weighted by Crippen LogP contribution is -2.25. The van der Waals surface area contributed by atoms with E-state index in [1.54, 1.807) is 35.0 Å². The van der Waals surface area contributed by atoms with E-state index in [2.05, 4.69) is 22.7 Å². The van der Waals surface area contributed by atoms with E-state index in [4.69, 9.17) is 11.6 Å². The molecule has 2 aromatic rings. The average Bonchev–Trinajstić information content (AvgIpc) is 3.44. The fourth-order valence-corrected chi connectivity index (χ4v) is 3.08. The second kappa shape index (κ2) is 9.06. The van der Waals surface area contributed by atoms with Crippen LogP contribution in [0.25, 0.3) is 6.08 Å². The number of aromatic nitrogens is 2. The highest BCUT2D eigenvalue weighted by Gasteiger charge is 2.23. The van der Waals surface area contributed by atoms with Crippen LogP contribution in [0.15, 0.2) is 30.3 Å². The van der Waals surface area contributed by atoms with Gasteiger partial charge in [-0.05, 0) is 56.5 Å². The molecule has 1 aromatic heterocycles. The van der Waals surface area contributed by atoms with Crippen molar-refractivity contribution < 1.29 is 9.59 Å². The van der Waals surface area contributed by atoms with E-state index in [1.165, 1.54) is 6.08 Å². The normalized spacial score (nSPS) is 13.7. The SMILES string of the molecule is CCCCn1nc(C)c(/C=C/C(=O)Nc2ccc(C(=O)NC3CC3)cc2)c1Cl. The Balaban J connectivity index is 1.59. The van der Waals surface area contributed by atoms with Gasteiger partial charge in [0.25, 0.3) is 5.91 Å². The Kier molecular flexibility index (Phi) is 6.52. The summed E-state index contributed by atoms with van der Waals surface area (Å²) in [6, 6.07) is 7.16. The molecule has 28 heavy (non-hydrogen) atoms. The van der Waals surface area contributed by atoms with Gasteiger partial charge in [-0.3, -0.25) is 14.3 Å². The van der Waals surface area contributed by atoms with Crippen molar-refractivity contribution in [3.63, 3.8) is 0 Å². The topological polar surface area (TPSA) is 76.0 Å². The maximum atomic E-state index is 12.2. The Hall–Kier alpha value is -2.60. The van der Waals surface area contributed by atoms with Gasteiger partial charge in [-0.2, -0.15) is 5.10 Å². The van der Waals surface area contributed by atoms with Crippen LogP contribution in [0, 0.1) is 6.92 Å². The standard InChI is InChI=1S/C21H25ClN4O2/c1-3-4-13-26-20(22)18(14(2)25-26)11-12-19(27)23-16-7-5-15(6-8-16)21(28)24-17-9-10-17/h5-8,11-12,17H,3-4,9-10,13H2,1-2H3,(H,23,27)(H,24,28)/b12-11+. The van der Waals surface area contributed by atoms with Gasteiger partial charge >= 0.3 is 0 Å². The molecule has 0 atom stereocenters. The number of hydrogen-bond donors (Lipinski definition) is 2. The highest BCUT2D eigenvalue weighted by molar-refractivity contribution is 6.31. The van der Waals surface area contributed by atoms with Gasteiger partial charge in [0, 0.05) is 35.5 Å². The summed E-state index contributed by atoms with van der Waals surface area (Å²) in [5, 5.41) is 10.7. The number of benzene rings is 1. The molecule has 1 saturated carbocycles. The predicted molar refractivity (Wildman–Crippen MR) is 111 cm³/mol. The first-order chi connectivity index (χ1) is 13.5. The smallest absolute Gasteiger partial charge is 0.251 e. The average molecular weight is 401 g/mol. The molecule has 0 bridgehead atoms. The Morgan fingerprint density at radius 2 is 2.00 bits per heavy atom. The molecule has 6 nitrogen and oxygen atoms in total. The van der Waals surface area contributed by atoms with Gasteiger partial charge in [0.1, 0.15) is 5.15 Å². The molecule has 2 N–H and O–H groups in total. The Labute approximate surface area is 170 Å². The lowest BCUT2D eigenvalue weighted by atomic mass is 10.2. The molecule has 1 fully saturated rings. The number of hydrogen-bond acceptors (Lipinski definition) is 3. The fraction of sp³-hybridized carbons (Fsp3) is 0.381. The van der Waals surface area contributed by atoms with Crippen LogP contribution >= 0.6 is 11.6 Å². The van der Waals surface area contributed by atoms with Crippen LogP contribution in [0.5, 0.6) is 0 Å². The quantitative estimate of drug-likeness (QED) is 0.652. The molecule has 0 saturated heterocycles. The van der Waals surface area contributed by atoms with Gasteiger partial charge in [0.05, 0.1) is 5.69 Å². The summed E-state index contributed by atoms with van der Waals surface area (Å²) in [5.74, 6) is -0.350. The lowest BCUT2D eigenvalue weighted by Gasteiger charge is -2.05. The maximum absolute atomic E-state index is 12.2. The van der Waals surface area contributed by atoms with Crippen molar-refractivity contribution >= 4 is 35.2 Å². The number of nitrogens with one attached hydrogen (secondary N) is 2. The minimum Gasteiger partial charge on any atom is -0.349 e. The van der Waals surface area contributed by atoms with Gasteiger partial charge in [0.15, 0.2) is 0 Å². The van der Waals surface area contributed by atoms with Crippen LogP contribution in [-0.4, -0.2) is 27.6 Å². The van der Waals surface area contributed by atoms with Crippen molar-refractivity contribution in [1.29, 1.82) is 0 Å². The molecule has 0 radical (unpaired) electrons. The zero-order valence-electron chi connectivity index (χ0n) is 16.2. The first-order valence-electron chi connectivity index (χ1n) is 9.61. The third kappa shape index (κ3) is 5.23. The summed E-state index contributed by atoms with van der Waals surface area (Å²) in [7, 11) is 0. The van der Waals surface area contributed by atoms with Crippen molar-refractivity contribution in [2.24, 2.45) is 0 Å².